The summed E-state index contributed by atoms with van der Waals surface area (Å²) in [5, 5.41) is 0.144. The second-order valence-corrected chi connectivity index (χ2v) is 5.21. The lowest BCUT2D eigenvalue weighted by Crippen LogP contribution is -1.84. The lowest BCUT2D eigenvalue weighted by atomic mass is 10.1. The minimum absolute atomic E-state index is 0.144. The van der Waals surface area contributed by atoms with Gasteiger partial charge in [0.25, 0.3) is 0 Å². The van der Waals surface area contributed by atoms with Gasteiger partial charge in [0.1, 0.15) is 0 Å². The maximum Gasteiger partial charge on any atom is 0.185 e. The van der Waals surface area contributed by atoms with Crippen molar-refractivity contribution in [2.75, 3.05) is 5.75 Å². The molecule has 2 rings (SSSR count). The summed E-state index contributed by atoms with van der Waals surface area (Å²) in [6, 6.07) is 8.01. The molecule has 0 saturated carbocycles. The van der Waals surface area contributed by atoms with Crippen LogP contribution >= 0.6 is 11.8 Å². The van der Waals surface area contributed by atoms with Gasteiger partial charge < -0.3 is 4.98 Å². The van der Waals surface area contributed by atoms with Gasteiger partial charge in [0.2, 0.25) is 0 Å². The number of nitrogens with zero attached hydrogens (tertiary/aromatic N) is 1. The van der Waals surface area contributed by atoms with Gasteiger partial charge in [-0.3, -0.25) is 4.79 Å². The Hall–Kier alpha value is -1.99. The fraction of sp³-hybridized carbons (Fsp3) is 0.200. The van der Waals surface area contributed by atoms with E-state index in [0.717, 1.165) is 29.0 Å². The number of benzene rings is 1. The first-order valence-corrected chi connectivity index (χ1v) is 6.95. The number of carbonyl (C=O) groups is 1. The molecule has 0 atom stereocenters. The van der Waals surface area contributed by atoms with Gasteiger partial charge >= 0.3 is 0 Å². The number of aromatic amines is 1. The average Bonchev–Trinajstić information content (AvgIpc) is 2.93. The van der Waals surface area contributed by atoms with Crippen molar-refractivity contribution in [2.24, 2.45) is 0 Å². The minimum atomic E-state index is 0.144. The molecule has 96 valence electrons. The third kappa shape index (κ3) is 4.31. The largest absolute Gasteiger partial charge is 0.345 e. The molecule has 0 aliphatic heterocycles. The molecule has 3 nitrogen and oxygen atoms in total. The topological polar surface area (TPSA) is 45.8 Å². The van der Waals surface area contributed by atoms with E-state index in [1.807, 2.05) is 24.3 Å². The molecule has 0 unspecified atom stereocenters. The molecule has 1 aromatic heterocycles. The molecule has 0 fully saturated rings. The summed E-state index contributed by atoms with van der Waals surface area (Å²) in [5.74, 6) is 6.92. The highest BCUT2D eigenvalue weighted by atomic mass is 32.2. The Kier molecular flexibility index (Phi) is 4.82. The van der Waals surface area contributed by atoms with Gasteiger partial charge in [-0.05, 0) is 17.7 Å². The van der Waals surface area contributed by atoms with Crippen LogP contribution in [0.2, 0.25) is 0 Å². The molecular formula is C15H14N2OS. The highest BCUT2D eigenvalue weighted by molar-refractivity contribution is 8.13. The summed E-state index contributed by atoms with van der Waals surface area (Å²) in [4.78, 5) is 17.8. The Morgan fingerprint density at radius 2 is 2.16 bits per heavy atom. The van der Waals surface area contributed by atoms with Crippen LogP contribution in [0.4, 0.5) is 0 Å². The predicted octanol–water partition coefficient (Wildman–Crippen LogP) is 3.10. The zero-order valence-corrected chi connectivity index (χ0v) is 11.5. The number of hydrogen-bond acceptors (Lipinski definition) is 3. The molecule has 0 aliphatic rings. The summed E-state index contributed by atoms with van der Waals surface area (Å²) < 4.78 is 0. The molecule has 4 heteroatoms. The van der Waals surface area contributed by atoms with Crippen molar-refractivity contribution >= 4 is 16.9 Å². The number of imidazole rings is 1. The van der Waals surface area contributed by atoms with Crippen LogP contribution in [-0.2, 0) is 4.79 Å². The monoisotopic (exact) mass is 270 g/mol. The average molecular weight is 270 g/mol. The SMILES string of the molecule is CC(=O)SCCC#Cc1ccc(-c2cnc[nH]2)cc1. The molecule has 0 amide bonds. The van der Waals surface area contributed by atoms with E-state index in [4.69, 9.17) is 0 Å². The molecule has 2 aromatic rings. The van der Waals surface area contributed by atoms with Gasteiger partial charge in [0, 0.05) is 24.7 Å². The van der Waals surface area contributed by atoms with Crippen molar-refractivity contribution in [3.63, 3.8) is 0 Å². The van der Waals surface area contributed by atoms with E-state index in [2.05, 4.69) is 21.8 Å². The Morgan fingerprint density at radius 1 is 1.37 bits per heavy atom. The summed E-state index contributed by atoms with van der Waals surface area (Å²) in [6.45, 7) is 1.58. The number of H-pyrrole nitrogens is 1. The number of nitrogens with one attached hydrogen (secondary N) is 1. The van der Waals surface area contributed by atoms with Crippen LogP contribution in [0.15, 0.2) is 36.8 Å². The van der Waals surface area contributed by atoms with Crippen molar-refractivity contribution in [1.29, 1.82) is 0 Å². The van der Waals surface area contributed by atoms with Gasteiger partial charge in [-0.15, -0.1) is 0 Å². The van der Waals surface area contributed by atoms with E-state index < -0.39 is 0 Å². The first kappa shape index (κ1) is 13.4. The summed E-state index contributed by atoms with van der Waals surface area (Å²) >= 11 is 1.31. The smallest absolute Gasteiger partial charge is 0.185 e. The minimum Gasteiger partial charge on any atom is -0.345 e. The fourth-order valence-electron chi connectivity index (χ4n) is 1.56. The maximum atomic E-state index is 10.7. The first-order chi connectivity index (χ1) is 9.25. The second-order valence-electron chi connectivity index (χ2n) is 3.93. The van der Waals surface area contributed by atoms with Crippen molar-refractivity contribution in [2.45, 2.75) is 13.3 Å². The van der Waals surface area contributed by atoms with E-state index in [1.54, 1.807) is 19.4 Å². The number of rotatable bonds is 3. The normalized spacial score (nSPS) is 9.74. The number of thioether (sulfide) groups is 1. The van der Waals surface area contributed by atoms with Crippen LogP contribution < -0.4 is 0 Å². The summed E-state index contributed by atoms with van der Waals surface area (Å²) in [5.41, 5.74) is 3.07. The van der Waals surface area contributed by atoms with E-state index in [-0.39, 0.29) is 5.12 Å². The molecule has 19 heavy (non-hydrogen) atoms. The Morgan fingerprint density at radius 3 is 2.79 bits per heavy atom. The van der Waals surface area contributed by atoms with Crippen LogP contribution in [-0.4, -0.2) is 20.8 Å². The maximum absolute atomic E-state index is 10.7. The van der Waals surface area contributed by atoms with Crippen LogP contribution in [0, 0.1) is 11.8 Å². The Bertz CT molecular complexity index is 591. The molecule has 0 aliphatic carbocycles. The number of hydrogen-bond donors (Lipinski definition) is 1. The van der Waals surface area contributed by atoms with Crippen LogP contribution in [0.25, 0.3) is 11.3 Å². The highest BCUT2D eigenvalue weighted by Gasteiger charge is 1.97. The van der Waals surface area contributed by atoms with Crippen molar-refractivity contribution in [3.05, 3.63) is 42.4 Å². The van der Waals surface area contributed by atoms with E-state index in [1.165, 1.54) is 11.8 Å². The van der Waals surface area contributed by atoms with Gasteiger partial charge in [-0.1, -0.05) is 35.7 Å². The standard InChI is InChI=1S/C15H14N2OS/c1-12(18)19-9-3-2-4-13-5-7-14(8-6-13)15-10-16-11-17-15/h5-8,10-11H,3,9H2,1H3,(H,16,17). The molecule has 0 bridgehead atoms. The van der Waals surface area contributed by atoms with Crippen LogP contribution in [0.5, 0.6) is 0 Å². The third-order valence-electron chi connectivity index (χ3n) is 2.46. The lowest BCUT2D eigenvalue weighted by Gasteiger charge is -1.97. The molecule has 0 spiro atoms. The zero-order chi connectivity index (χ0) is 13.5. The van der Waals surface area contributed by atoms with Crippen molar-refractivity contribution < 1.29 is 4.79 Å². The van der Waals surface area contributed by atoms with Crippen LogP contribution in [0.3, 0.4) is 0 Å². The fourth-order valence-corrected chi connectivity index (χ4v) is 2.05. The summed E-state index contributed by atoms with van der Waals surface area (Å²) in [6.07, 6.45) is 4.18. The molecule has 1 N–H and O–H groups in total. The van der Waals surface area contributed by atoms with Crippen molar-refractivity contribution in [3.8, 4) is 23.1 Å². The molecule has 0 saturated heterocycles. The van der Waals surface area contributed by atoms with Crippen LogP contribution in [0.1, 0.15) is 18.9 Å². The first-order valence-electron chi connectivity index (χ1n) is 5.97. The molecular weight excluding hydrogens is 256 g/mol. The number of carbonyl (C=O) groups excluding carboxylic acids is 1. The van der Waals surface area contributed by atoms with Gasteiger partial charge in [0.05, 0.1) is 18.2 Å². The van der Waals surface area contributed by atoms with E-state index >= 15 is 0 Å². The Labute approximate surface area is 116 Å². The molecule has 1 heterocycles. The highest BCUT2D eigenvalue weighted by Crippen LogP contribution is 2.15. The van der Waals surface area contributed by atoms with E-state index in [0.29, 0.717) is 0 Å². The lowest BCUT2D eigenvalue weighted by molar-refractivity contribution is -0.109. The summed E-state index contributed by atoms with van der Waals surface area (Å²) in [7, 11) is 0. The third-order valence-corrected chi connectivity index (χ3v) is 3.27. The van der Waals surface area contributed by atoms with E-state index in [9.17, 15) is 4.79 Å². The molecule has 1 aromatic carbocycles. The quantitative estimate of drug-likeness (QED) is 0.688. The van der Waals surface area contributed by atoms with Gasteiger partial charge in [-0.2, -0.15) is 0 Å². The molecule has 0 radical (unpaired) electrons. The van der Waals surface area contributed by atoms with Gasteiger partial charge in [-0.25, -0.2) is 4.98 Å². The Balaban J connectivity index is 1.92. The second kappa shape index (κ2) is 6.81. The predicted molar refractivity (Wildman–Crippen MR) is 78.7 cm³/mol. The zero-order valence-electron chi connectivity index (χ0n) is 10.6. The van der Waals surface area contributed by atoms with Gasteiger partial charge in [0.15, 0.2) is 5.12 Å². The number of aromatic nitrogens is 2. The van der Waals surface area contributed by atoms with Crippen molar-refractivity contribution in [1.82, 2.24) is 9.97 Å².